The molecule has 1 aliphatic rings. The highest BCUT2D eigenvalue weighted by Gasteiger charge is 2.26. The fourth-order valence-corrected chi connectivity index (χ4v) is 2.59. The SMILES string of the molecule is CC(C)[C@H](C)NC(=O)c1cnc2c(c1)N(Cc1ccccn1)C(=O)CN2. The molecule has 2 aromatic heterocycles. The lowest BCUT2D eigenvalue weighted by atomic mass is 10.1. The van der Waals surface area contributed by atoms with Gasteiger partial charge in [-0.3, -0.25) is 14.6 Å². The quantitative estimate of drug-likeness (QED) is 0.860. The number of fused-ring (bicyclic) bond motifs is 1. The first-order valence-corrected chi connectivity index (χ1v) is 8.70. The van der Waals surface area contributed by atoms with Crippen molar-refractivity contribution < 1.29 is 9.59 Å². The largest absolute Gasteiger partial charge is 0.359 e. The first-order valence-electron chi connectivity index (χ1n) is 8.70. The van der Waals surface area contributed by atoms with Gasteiger partial charge in [-0.1, -0.05) is 19.9 Å². The van der Waals surface area contributed by atoms with Crippen LogP contribution in [0.1, 0.15) is 36.8 Å². The molecule has 0 radical (unpaired) electrons. The second kappa shape index (κ2) is 7.51. The Morgan fingerprint density at radius 1 is 1.31 bits per heavy atom. The van der Waals surface area contributed by atoms with E-state index in [2.05, 4.69) is 20.6 Å². The Bertz CT molecular complexity index is 807. The number of hydrogen-bond acceptors (Lipinski definition) is 5. The van der Waals surface area contributed by atoms with E-state index >= 15 is 0 Å². The van der Waals surface area contributed by atoms with Crippen LogP contribution in [0.3, 0.4) is 0 Å². The summed E-state index contributed by atoms with van der Waals surface area (Å²) < 4.78 is 0. The van der Waals surface area contributed by atoms with Crippen molar-refractivity contribution in [2.24, 2.45) is 5.92 Å². The number of nitrogens with zero attached hydrogens (tertiary/aromatic N) is 3. The summed E-state index contributed by atoms with van der Waals surface area (Å²) in [7, 11) is 0. The third-order valence-corrected chi connectivity index (χ3v) is 4.53. The molecule has 1 aliphatic heterocycles. The molecule has 0 fully saturated rings. The molecule has 0 bridgehead atoms. The number of pyridine rings is 2. The average molecular weight is 353 g/mol. The molecule has 2 N–H and O–H groups in total. The molecule has 1 atom stereocenters. The first-order chi connectivity index (χ1) is 12.5. The van der Waals surface area contributed by atoms with Gasteiger partial charge in [0.1, 0.15) is 0 Å². The maximum absolute atomic E-state index is 12.5. The lowest BCUT2D eigenvalue weighted by Crippen LogP contribution is -2.40. The lowest BCUT2D eigenvalue weighted by molar-refractivity contribution is -0.117. The van der Waals surface area contributed by atoms with Gasteiger partial charge in [0.15, 0.2) is 5.82 Å². The van der Waals surface area contributed by atoms with Gasteiger partial charge in [-0.25, -0.2) is 4.98 Å². The van der Waals surface area contributed by atoms with Gasteiger partial charge in [-0.2, -0.15) is 0 Å². The van der Waals surface area contributed by atoms with Crippen molar-refractivity contribution in [2.45, 2.75) is 33.4 Å². The highest BCUT2D eigenvalue weighted by molar-refractivity contribution is 6.04. The number of rotatable bonds is 5. The molecule has 0 aromatic carbocycles. The lowest BCUT2D eigenvalue weighted by Gasteiger charge is -2.29. The van der Waals surface area contributed by atoms with Crippen molar-refractivity contribution in [1.29, 1.82) is 0 Å². The summed E-state index contributed by atoms with van der Waals surface area (Å²) in [6, 6.07) is 7.33. The molecular weight excluding hydrogens is 330 g/mol. The highest BCUT2D eigenvalue weighted by Crippen LogP contribution is 2.29. The van der Waals surface area contributed by atoms with Gasteiger partial charge in [-0.15, -0.1) is 0 Å². The number of carbonyl (C=O) groups excluding carboxylic acids is 2. The normalized spacial score (nSPS) is 14.6. The van der Waals surface area contributed by atoms with E-state index < -0.39 is 0 Å². The number of carbonyl (C=O) groups is 2. The highest BCUT2D eigenvalue weighted by atomic mass is 16.2. The monoisotopic (exact) mass is 353 g/mol. The van der Waals surface area contributed by atoms with Gasteiger partial charge in [0, 0.05) is 18.4 Å². The van der Waals surface area contributed by atoms with E-state index in [9.17, 15) is 9.59 Å². The van der Waals surface area contributed by atoms with Crippen LogP contribution in [0.15, 0.2) is 36.7 Å². The third-order valence-electron chi connectivity index (χ3n) is 4.53. The zero-order chi connectivity index (χ0) is 18.7. The molecule has 7 nitrogen and oxygen atoms in total. The first kappa shape index (κ1) is 17.8. The minimum absolute atomic E-state index is 0.0444. The number of nitrogens with one attached hydrogen (secondary N) is 2. The summed E-state index contributed by atoms with van der Waals surface area (Å²) in [4.78, 5) is 35.2. The van der Waals surface area contributed by atoms with Gasteiger partial charge >= 0.3 is 0 Å². The molecule has 2 amide bonds. The van der Waals surface area contributed by atoms with Crippen LogP contribution in [0.4, 0.5) is 11.5 Å². The van der Waals surface area contributed by atoms with E-state index in [1.807, 2.05) is 39.0 Å². The van der Waals surface area contributed by atoms with Gasteiger partial charge < -0.3 is 15.5 Å². The van der Waals surface area contributed by atoms with E-state index in [1.165, 1.54) is 6.20 Å². The third kappa shape index (κ3) is 3.82. The molecule has 0 spiro atoms. The topological polar surface area (TPSA) is 87.2 Å². The van der Waals surface area contributed by atoms with Crippen LogP contribution < -0.4 is 15.5 Å². The summed E-state index contributed by atoms with van der Waals surface area (Å²) in [5, 5.41) is 5.96. The van der Waals surface area contributed by atoms with Crippen LogP contribution in [-0.4, -0.2) is 34.4 Å². The Morgan fingerprint density at radius 2 is 2.12 bits per heavy atom. The summed E-state index contributed by atoms with van der Waals surface area (Å²) >= 11 is 0. The average Bonchev–Trinajstić information content (AvgIpc) is 2.64. The van der Waals surface area contributed by atoms with Crippen molar-refractivity contribution in [2.75, 3.05) is 16.8 Å². The van der Waals surface area contributed by atoms with E-state index in [4.69, 9.17) is 0 Å². The predicted molar refractivity (Wildman–Crippen MR) is 99.9 cm³/mol. The maximum Gasteiger partial charge on any atom is 0.253 e. The van der Waals surface area contributed by atoms with Crippen molar-refractivity contribution in [1.82, 2.24) is 15.3 Å². The fraction of sp³-hybridized carbons (Fsp3) is 0.368. The molecule has 2 aromatic rings. The summed E-state index contributed by atoms with van der Waals surface area (Å²) in [6.07, 6.45) is 3.22. The predicted octanol–water partition coefficient (Wildman–Crippen LogP) is 2.21. The maximum atomic E-state index is 12.5. The Labute approximate surface area is 152 Å². The Morgan fingerprint density at radius 3 is 2.81 bits per heavy atom. The Hall–Kier alpha value is -2.96. The number of anilines is 2. The van der Waals surface area contributed by atoms with E-state index in [1.54, 1.807) is 17.2 Å². The van der Waals surface area contributed by atoms with Gasteiger partial charge in [0.25, 0.3) is 5.91 Å². The number of aromatic nitrogens is 2. The molecule has 26 heavy (non-hydrogen) atoms. The Kier molecular flexibility index (Phi) is 5.16. The van der Waals surface area contributed by atoms with Crippen molar-refractivity contribution in [3.05, 3.63) is 47.9 Å². The number of amides is 2. The van der Waals surface area contributed by atoms with Crippen LogP contribution in [0, 0.1) is 5.92 Å². The van der Waals surface area contributed by atoms with Gasteiger partial charge in [-0.05, 0) is 31.0 Å². The van der Waals surface area contributed by atoms with Crippen LogP contribution in [0.2, 0.25) is 0 Å². The van der Waals surface area contributed by atoms with Crippen LogP contribution >= 0.6 is 0 Å². The molecular formula is C19H23N5O2. The zero-order valence-electron chi connectivity index (χ0n) is 15.2. The second-order valence-electron chi connectivity index (χ2n) is 6.75. The molecule has 0 unspecified atom stereocenters. The van der Waals surface area contributed by atoms with Crippen molar-refractivity contribution in [3.8, 4) is 0 Å². The van der Waals surface area contributed by atoms with Gasteiger partial charge in [0.05, 0.1) is 30.0 Å². The summed E-state index contributed by atoms with van der Waals surface area (Å²) in [5.41, 5.74) is 1.80. The summed E-state index contributed by atoms with van der Waals surface area (Å²) in [5.74, 6) is 0.637. The van der Waals surface area contributed by atoms with Crippen molar-refractivity contribution in [3.63, 3.8) is 0 Å². The Balaban J connectivity index is 1.88. The second-order valence-corrected chi connectivity index (χ2v) is 6.75. The minimum Gasteiger partial charge on any atom is -0.359 e. The van der Waals surface area contributed by atoms with Crippen LogP contribution in [-0.2, 0) is 11.3 Å². The number of hydrogen-bond donors (Lipinski definition) is 2. The standard InChI is InChI=1S/C19H23N5O2/c1-12(2)13(3)23-19(26)14-8-16-18(21-9-14)22-10-17(25)24(16)11-15-6-4-5-7-20-15/h4-9,12-13H,10-11H2,1-3H3,(H,21,22)(H,23,26)/t13-/m0/s1. The summed E-state index contributed by atoms with van der Waals surface area (Å²) in [6.45, 7) is 6.57. The molecule has 0 saturated heterocycles. The molecule has 136 valence electrons. The fourth-order valence-electron chi connectivity index (χ4n) is 2.59. The van der Waals surface area contributed by atoms with Gasteiger partial charge in [0.2, 0.25) is 5.91 Å². The van der Waals surface area contributed by atoms with Crippen LogP contribution in [0.5, 0.6) is 0 Å². The zero-order valence-corrected chi connectivity index (χ0v) is 15.2. The van der Waals surface area contributed by atoms with E-state index in [-0.39, 0.29) is 24.4 Å². The molecule has 3 heterocycles. The molecule has 3 rings (SSSR count). The van der Waals surface area contributed by atoms with E-state index in [0.717, 1.165) is 5.69 Å². The smallest absolute Gasteiger partial charge is 0.253 e. The van der Waals surface area contributed by atoms with E-state index in [0.29, 0.717) is 29.5 Å². The van der Waals surface area contributed by atoms with Crippen molar-refractivity contribution >= 4 is 23.3 Å². The van der Waals surface area contributed by atoms with Crippen LogP contribution in [0.25, 0.3) is 0 Å². The molecule has 0 saturated carbocycles. The molecule has 7 heteroatoms. The molecule has 0 aliphatic carbocycles. The minimum atomic E-state index is -0.197.